The third kappa shape index (κ3) is 3.96. The molecule has 4 nitrogen and oxygen atoms in total. The first-order valence-electron chi connectivity index (χ1n) is 7.78. The molecule has 0 bridgehead atoms. The molecule has 118 valence electrons. The van der Waals surface area contributed by atoms with E-state index in [2.05, 4.69) is 24.0 Å². The Kier molecular flexibility index (Phi) is 6.03. The van der Waals surface area contributed by atoms with Crippen LogP contribution in [0.5, 0.6) is 5.75 Å². The minimum Gasteiger partial charge on any atom is -0.496 e. The van der Waals surface area contributed by atoms with Gasteiger partial charge in [0.05, 0.1) is 13.2 Å². The van der Waals surface area contributed by atoms with Gasteiger partial charge >= 0.3 is 0 Å². The summed E-state index contributed by atoms with van der Waals surface area (Å²) in [7, 11) is 3.51. The maximum absolute atomic E-state index is 6.29. The van der Waals surface area contributed by atoms with E-state index in [1.54, 1.807) is 14.2 Å². The minimum atomic E-state index is 0.0697. The second-order valence-corrected chi connectivity index (χ2v) is 5.98. The number of nitrogens with zero attached hydrogens (tertiary/aromatic N) is 1. The van der Waals surface area contributed by atoms with Crippen LogP contribution in [-0.4, -0.2) is 44.9 Å². The Labute approximate surface area is 128 Å². The lowest BCUT2D eigenvalue weighted by atomic mass is 9.92. The van der Waals surface area contributed by atoms with E-state index in [1.807, 2.05) is 12.1 Å². The highest BCUT2D eigenvalue weighted by Gasteiger charge is 2.30. The number of piperidine rings is 1. The maximum atomic E-state index is 6.29. The number of ether oxygens (including phenoxy) is 2. The fourth-order valence-electron chi connectivity index (χ4n) is 3.36. The predicted octanol–water partition coefficient (Wildman–Crippen LogP) is 2.44. The Morgan fingerprint density at radius 2 is 1.90 bits per heavy atom. The van der Waals surface area contributed by atoms with Crippen molar-refractivity contribution in [1.82, 2.24) is 4.90 Å². The van der Waals surface area contributed by atoms with Gasteiger partial charge < -0.3 is 15.2 Å². The van der Waals surface area contributed by atoms with Gasteiger partial charge in [-0.05, 0) is 44.8 Å². The van der Waals surface area contributed by atoms with E-state index >= 15 is 0 Å². The SMILES string of the molecule is COCC1CCN(C(c2ccccc2OC)C(C)N)CC1. The second-order valence-electron chi connectivity index (χ2n) is 5.98. The van der Waals surface area contributed by atoms with Crippen molar-refractivity contribution in [2.75, 3.05) is 33.9 Å². The Morgan fingerprint density at radius 1 is 1.24 bits per heavy atom. The standard InChI is InChI=1S/C17H28N2O2/c1-13(18)17(15-6-4-5-7-16(15)21-3)19-10-8-14(9-11-19)12-20-2/h4-7,13-14,17H,8-12,18H2,1-3H3. The van der Waals surface area contributed by atoms with Crippen molar-refractivity contribution in [1.29, 1.82) is 0 Å². The van der Waals surface area contributed by atoms with E-state index in [9.17, 15) is 0 Å². The van der Waals surface area contributed by atoms with E-state index in [-0.39, 0.29) is 12.1 Å². The molecule has 21 heavy (non-hydrogen) atoms. The zero-order valence-electron chi connectivity index (χ0n) is 13.4. The van der Waals surface area contributed by atoms with Gasteiger partial charge in [-0.2, -0.15) is 0 Å². The minimum absolute atomic E-state index is 0.0697. The predicted molar refractivity (Wildman–Crippen MR) is 85.6 cm³/mol. The molecular formula is C17H28N2O2. The van der Waals surface area contributed by atoms with Crippen molar-refractivity contribution in [3.63, 3.8) is 0 Å². The fraction of sp³-hybridized carbons (Fsp3) is 0.647. The van der Waals surface area contributed by atoms with Crippen molar-refractivity contribution >= 4 is 0 Å². The topological polar surface area (TPSA) is 47.7 Å². The zero-order chi connectivity index (χ0) is 15.2. The van der Waals surface area contributed by atoms with Crippen molar-refractivity contribution < 1.29 is 9.47 Å². The van der Waals surface area contributed by atoms with Crippen LogP contribution in [0.25, 0.3) is 0 Å². The second kappa shape index (κ2) is 7.78. The van der Waals surface area contributed by atoms with Gasteiger partial charge in [-0.3, -0.25) is 4.90 Å². The first-order chi connectivity index (χ1) is 10.2. The number of methoxy groups -OCH3 is 2. The fourth-order valence-corrected chi connectivity index (χ4v) is 3.36. The molecule has 1 fully saturated rings. The lowest BCUT2D eigenvalue weighted by Gasteiger charge is -2.39. The monoisotopic (exact) mass is 292 g/mol. The number of hydrogen-bond acceptors (Lipinski definition) is 4. The normalized spacial score (nSPS) is 20.2. The van der Waals surface area contributed by atoms with E-state index in [4.69, 9.17) is 15.2 Å². The molecule has 0 radical (unpaired) electrons. The Hall–Kier alpha value is -1.10. The molecule has 0 aromatic heterocycles. The molecule has 1 saturated heterocycles. The lowest BCUT2D eigenvalue weighted by Crippen LogP contribution is -2.44. The average molecular weight is 292 g/mol. The molecule has 2 unspecified atom stereocenters. The summed E-state index contributed by atoms with van der Waals surface area (Å²) in [6.07, 6.45) is 2.35. The van der Waals surface area contributed by atoms with Gasteiger partial charge in [0.2, 0.25) is 0 Å². The van der Waals surface area contributed by atoms with Gasteiger partial charge in [0.25, 0.3) is 0 Å². The van der Waals surface area contributed by atoms with Gasteiger partial charge in [0.15, 0.2) is 0 Å². The Bertz CT molecular complexity index is 429. The summed E-state index contributed by atoms with van der Waals surface area (Å²) >= 11 is 0. The number of rotatable bonds is 6. The first-order valence-corrected chi connectivity index (χ1v) is 7.78. The van der Waals surface area contributed by atoms with Crippen LogP contribution >= 0.6 is 0 Å². The van der Waals surface area contributed by atoms with Crippen LogP contribution in [0.3, 0.4) is 0 Å². The Balaban J connectivity index is 2.13. The van der Waals surface area contributed by atoms with Crippen molar-refractivity contribution in [3.05, 3.63) is 29.8 Å². The molecule has 4 heteroatoms. The third-order valence-corrected chi connectivity index (χ3v) is 4.40. The summed E-state index contributed by atoms with van der Waals surface area (Å²) in [6.45, 7) is 5.08. The smallest absolute Gasteiger partial charge is 0.123 e. The molecular weight excluding hydrogens is 264 g/mol. The first kappa shape index (κ1) is 16.3. The molecule has 0 amide bonds. The van der Waals surface area contributed by atoms with Gasteiger partial charge in [0, 0.05) is 25.3 Å². The maximum Gasteiger partial charge on any atom is 0.123 e. The molecule has 2 N–H and O–H groups in total. The van der Waals surface area contributed by atoms with Crippen LogP contribution in [-0.2, 0) is 4.74 Å². The van der Waals surface area contributed by atoms with E-state index in [0.29, 0.717) is 5.92 Å². The molecule has 2 atom stereocenters. The molecule has 0 aliphatic carbocycles. The van der Waals surface area contributed by atoms with Crippen LogP contribution in [0.4, 0.5) is 0 Å². The summed E-state index contributed by atoms with van der Waals surface area (Å²) in [5, 5.41) is 0. The van der Waals surface area contributed by atoms with Crippen LogP contribution in [0, 0.1) is 5.92 Å². The summed E-state index contributed by atoms with van der Waals surface area (Å²) in [4.78, 5) is 2.49. The number of benzene rings is 1. The summed E-state index contributed by atoms with van der Waals surface area (Å²) in [5.74, 6) is 1.61. The average Bonchev–Trinajstić information content (AvgIpc) is 2.50. The molecule has 1 aromatic rings. The van der Waals surface area contributed by atoms with Crippen molar-refractivity contribution in [2.24, 2.45) is 11.7 Å². The number of likely N-dealkylation sites (tertiary alicyclic amines) is 1. The Morgan fingerprint density at radius 3 is 2.48 bits per heavy atom. The molecule has 1 aliphatic rings. The van der Waals surface area contributed by atoms with Gasteiger partial charge in [-0.1, -0.05) is 18.2 Å². The molecule has 0 spiro atoms. The lowest BCUT2D eigenvalue weighted by molar-refractivity contribution is 0.0728. The summed E-state index contributed by atoms with van der Waals surface area (Å²) < 4.78 is 10.8. The highest BCUT2D eigenvalue weighted by atomic mass is 16.5. The van der Waals surface area contributed by atoms with Gasteiger partial charge in [-0.25, -0.2) is 0 Å². The zero-order valence-corrected chi connectivity index (χ0v) is 13.4. The highest BCUT2D eigenvalue weighted by Crippen LogP contribution is 2.33. The number of para-hydroxylation sites is 1. The third-order valence-electron chi connectivity index (χ3n) is 4.40. The largest absolute Gasteiger partial charge is 0.496 e. The molecule has 1 aromatic carbocycles. The molecule has 1 aliphatic heterocycles. The van der Waals surface area contributed by atoms with Crippen LogP contribution in [0.1, 0.15) is 31.4 Å². The summed E-state index contributed by atoms with van der Waals surface area (Å²) in [5.41, 5.74) is 7.49. The molecule has 2 rings (SSSR count). The number of hydrogen-bond donors (Lipinski definition) is 1. The highest BCUT2D eigenvalue weighted by molar-refractivity contribution is 5.36. The van der Waals surface area contributed by atoms with Crippen LogP contribution < -0.4 is 10.5 Å². The van der Waals surface area contributed by atoms with E-state index < -0.39 is 0 Å². The van der Waals surface area contributed by atoms with Gasteiger partial charge in [-0.15, -0.1) is 0 Å². The quantitative estimate of drug-likeness (QED) is 0.875. The van der Waals surface area contributed by atoms with Crippen LogP contribution in [0.2, 0.25) is 0 Å². The van der Waals surface area contributed by atoms with Gasteiger partial charge in [0.1, 0.15) is 5.75 Å². The van der Waals surface area contributed by atoms with E-state index in [1.165, 1.54) is 18.4 Å². The van der Waals surface area contributed by atoms with Crippen molar-refractivity contribution in [2.45, 2.75) is 31.8 Å². The van der Waals surface area contributed by atoms with Crippen molar-refractivity contribution in [3.8, 4) is 5.75 Å². The molecule has 0 saturated carbocycles. The molecule has 1 heterocycles. The van der Waals surface area contributed by atoms with Crippen LogP contribution in [0.15, 0.2) is 24.3 Å². The van der Waals surface area contributed by atoms with E-state index in [0.717, 1.165) is 25.4 Å². The summed E-state index contributed by atoms with van der Waals surface area (Å²) in [6, 6.07) is 8.50. The number of nitrogens with two attached hydrogens (primary N) is 1.